The highest BCUT2D eigenvalue weighted by Gasteiger charge is 2.21. The number of hydrogen-bond acceptors (Lipinski definition) is 5. The predicted molar refractivity (Wildman–Crippen MR) is 88.9 cm³/mol. The summed E-state index contributed by atoms with van der Waals surface area (Å²) in [6.45, 7) is 2.04. The van der Waals surface area contributed by atoms with Crippen molar-refractivity contribution >= 4 is 0 Å². The molecule has 0 aliphatic heterocycles. The molecule has 0 radical (unpaired) electrons. The Bertz CT molecular complexity index is 628. The third-order valence-corrected chi connectivity index (χ3v) is 3.63. The van der Waals surface area contributed by atoms with E-state index in [1.807, 2.05) is 30.3 Å². The van der Waals surface area contributed by atoms with Gasteiger partial charge in [-0.3, -0.25) is 0 Å². The minimum Gasteiger partial charge on any atom is -0.493 e. The average molecular weight is 317 g/mol. The van der Waals surface area contributed by atoms with Crippen LogP contribution in [0.1, 0.15) is 24.1 Å². The number of methoxy groups -OCH3 is 2. The molecule has 3 N–H and O–H groups in total. The van der Waals surface area contributed by atoms with Crippen molar-refractivity contribution in [2.24, 2.45) is 5.73 Å². The van der Waals surface area contributed by atoms with E-state index in [4.69, 9.17) is 19.9 Å². The third kappa shape index (κ3) is 4.15. The Morgan fingerprint density at radius 3 is 2.17 bits per heavy atom. The van der Waals surface area contributed by atoms with Crippen LogP contribution in [0.2, 0.25) is 0 Å². The van der Waals surface area contributed by atoms with Crippen LogP contribution in [0.4, 0.5) is 0 Å². The normalized spacial score (nSPS) is 13.3. The van der Waals surface area contributed by atoms with Gasteiger partial charge in [0.2, 0.25) is 0 Å². The van der Waals surface area contributed by atoms with Gasteiger partial charge in [-0.1, -0.05) is 30.3 Å². The van der Waals surface area contributed by atoms with E-state index in [-0.39, 0.29) is 0 Å². The van der Waals surface area contributed by atoms with Crippen molar-refractivity contribution in [1.82, 2.24) is 0 Å². The summed E-state index contributed by atoms with van der Waals surface area (Å²) in [4.78, 5) is 0. The van der Waals surface area contributed by atoms with Crippen LogP contribution in [0.25, 0.3) is 0 Å². The molecule has 0 saturated carbocycles. The quantitative estimate of drug-likeness (QED) is 0.821. The van der Waals surface area contributed by atoms with E-state index in [0.717, 1.165) is 5.56 Å². The molecule has 0 aliphatic rings. The zero-order valence-corrected chi connectivity index (χ0v) is 13.7. The lowest BCUT2D eigenvalue weighted by molar-refractivity contribution is 0.161. The van der Waals surface area contributed by atoms with E-state index in [1.165, 1.54) is 0 Å². The molecule has 2 atom stereocenters. The number of ether oxygens (including phenoxy) is 3. The first-order chi connectivity index (χ1) is 11.1. The van der Waals surface area contributed by atoms with Crippen molar-refractivity contribution in [3.8, 4) is 17.2 Å². The fourth-order valence-corrected chi connectivity index (χ4v) is 2.26. The number of nitrogens with two attached hydrogens (primary N) is 1. The smallest absolute Gasteiger partial charge is 0.164 e. The monoisotopic (exact) mass is 317 g/mol. The van der Waals surface area contributed by atoms with E-state index < -0.39 is 12.1 Å². The van der Waals surface area contributed by atoms with Crippen LogP contribution >= 0.6 is 0 Å². The molecule has 2 rings (SSSR count). The Labute approximate surface area is 136 Å². The van der Waals surface area contributed by atoms with Crippen LogP contribution in [0.5, 0.6) is 17.2 Å². The summed E-state index contributed by atoms with van der Waals surface area (Å²) in [5.74, 6) is 1.67. The average Bonchev–Trinajstić information content (AvgIpc) is 2.59. The molecule has 2 aromatic rings. The number of aliphatic hydroxyl groups is 1. The first-order valence-electron chi connectivity index (χ1n) is 7.43. The number of rotatable bonds is 7. The second-order valence-electron chi connectivity index (χ2n) is 5.29. The van der Waals surface area contributed by atoms with Gasteiger partial charge >= 0.3 is 0 Å². The number of aliphatic hydroxyl groups excluding tert-OH is 1. The maximum atomic E-state index is 9.82. The Hall–Kier alpha value is -2.24. The highest BCUT2D eigenvalue weighted by molar-refractivity contribution is 5.52. The van der Waals surface area contributed by atoms with Crippen molar-refractivity contribution in [1.29, 1.82) is 0 Å². The van der Waals surface area contributed by atoms with Crippen LogP contribution < -0.4 is 19.9 Å². The Morgan fingerprint density at radius 2 is 1.61 bits per heavy atom. The van der Waals surface area contributed by atoms with Gasteiger partial charge < -0.3 is 25.1 Å². The molecular weight excluding hydrogens is 294 g/mol. The van der Waals surface area contributed by atoms with Crippen molar-refractivity contribution < 1.29 is 19.3 Å². The SMILES string of the molecule is COc1cc(OCc2ccccc2)c([C@H](N)[C@@H](C)O)cc1OC. The molecule has 2 aromatic carbocycles. The van der Waals surface area contributed by atoms with Crippen LogP contribution in [0.15, 0.2) is 42.5 Å². The molecule has 0 heterocycles. The zero-order valence-electron chi connectivity index (χ0n) is 13.7. The molecule has 0 amide bonds. The van der Waals surface area contributed by atoms with Crippen molar-refractivity contribution in [2.75, 3.05) is 14.2 Å². The lowest BCUT2D eigenvalue weighted by Gasteiger charge is -2.21. The molecule has 5 heteroatoms. The molecule has 0 saturated heterocycles. The first-order valence-corrected chi connectivity index (χ1v) is 7.43. The summed E-state index contributed by atoms with van der Waals surface area (Å²) in [5.41, 5.74) is 7.81. The van der Waals surface area contributed by atoms with Gasteiger partial charge in [-0.2, -0.15) is 0 Å². The molecule has 5 nitrogen and oxygen atoms in total. The molecular formula is C18H23NO4. The summed E-state index contributed by atoms with van der Waals surface area (Å²) >= 11 is 0. The van der Waals surface area contributed by atoms with Crippen LogP contribution in [-0.2, 0) is 6.61 Å². The fraction of sp³-hybridized carbons (Fsp3) is 0.333. The fourth-order valence-electron chi connectivity index (χ4n) is 2.26. The number of benzene rings is 2. The first kappa shape index (κ1) is 17.1. The van der Waals surface area contributed by atoms with Gasteiger partial charge in [0.25, 0.3) is 0 Å². The van der Waals surface area contributed by atoms with Gasteiger partial charge in [0.05, 0.1) is 26.4 Å². The largest absolute Gasteiger partial charge is 0.493 e. The minimum atomic E-state index is -0.716. The highest BCUT2D eigenvalue weighted by Crippen LogP contribution is 2.38. The van der Waals surface area contributed by atoms with E-state index in [9.17, 15) is 5.11 Å². The maximum absolute atomic E-state index is 9.82. The molecule has 0 spiro atoms. The van der Waals surface area contributed by atoms with Crippen molar-refractivity contribution in [3.63, 3.8) is 0 Å². The van der Waals surface area contributed by atoms with Gasteiger partial charge in [0, 0.05) is 11.6 Å². The summed E-state index contributed by atoms with van der Waals surface area (Å²) in [6, 6.07) is 12.7. The van der Waals surface area contributed by atoms with Gasteiger partial charge in [-0.15, -0.1) is 0 Å². The Morgan fingerprint density at radius 1 is 1.00 bits per heavy atom. The summed E-state index contributed by atoms with van der Waals surface area (Å²) in [6.07, 6.45) is -0.716. The van der Waals surface area contributed by atoms with E-state index >= 15 is 0 Å². The van der Waals surface area contributed by atoms with E-state index in [2.05, 4.69) is 0 Å². The lowest BCUT2D eigenvalue weighted by Crippen LogP contribution is -2.24. The lowest BCUT2D eigenvalue weighted by atomic mass is 10.0. The number of hydrogen-bond donors (Lipinski definition) is 2. The van der Waals surface area contributed by atoms with Gasteiger partial charge in [-0.25, -0.2) is 0 Å². The van der Waals surface area contributed by atoms with Crippen LogP contribution in [-0.4, -0.2) is 25.4 Å². The standard InChI is InChI=1S/C18H23NO4/c1-12(20)18(19)14-9-16(21-2)17(22-3)10-15(14)23-11-13-7-5-4-6-8-13/h4-10,12,18,20H,11,19H2,1-3H3/t12-,18-/m1/s1. The summed E-state index contributed by atoms with van der Waals surface area (Å²) < 4.78 is 16.5. The third-order valence-electron chi connectivity index (χ3n) is 3.63. The second-order valence-corrected chi connectivity index (χ2v) is 5.29. The van der Waals surface area contributed by atoms with E-state index in [1.54, 1.807) is 33.3 Å². The highest BCUT2D eigenvalue weighted by atomic mass is 16.5. The van der Waals surface area contributed by atoms with Gasteiger partial charge in [-0.05, 0) is 18.6 Å². The topological polar surface area (TPSA) is 73.9 Å². The van der Waals surface area contributed by atoms with Crippen molar-refractivity contribution in [3.05, 3.63) is 53.6 Å². The van der Waals surface area contributed by atoms with Crippen LogP contribution in [0, 0.1) is 0 Å². The molecule has 0 bridgehead atoms. The molecule has 0 aromatic heterocycles. The molecule has 23 heavy (non-hydrogen) atoms. The zero-order chi connectivity index (χ0) is 16.8. The van der Waals surface area contributed by atoms with E-state index in [0.29, 0.717) is 29.4 Å². The Kier molecular flexibility index (Phi) is 5.84. The molecule has 124 valence electrons. The summed E-state index contributed by atoms with van der Waals surface area (Å²) in [7, 11) is 3.12. The minimum absolute atomic E-state index is 0.399. The van der Waals surface area contributed by atoms with Crippen molar-refractivity contribution in [2.45, 2.75) is 25.7 Å². The Balaban J connectivity index is 2.34. The van der Waals surface area contributed by atoms with Gasteiger partial charge in [0.15, 0.2) is 11.5 Å². The van der Waals surface area contributed by atoms with Gasteiger partial charge in [0.1, 0.15) is 12.4 Å². The second kappa shape index (κ2) is 7.85. The predicted octanol–water partition coefficient (Wildman–Crippen LogP) is 2.66. The summed E-state index contributed by atoms with van der Waals surface area (Å²) in [5, 5.41) is 9.82. The molecule has 0 unspecified atom stereocenters. The molecule has 0 aliphatic carbocycles. The molecule has 0 fully saturated rings. The maximum Gasteiger partial charge on any atom is 0.164 e. The van der Waals surface area contributed by atoms with Crippen LogP contribution in [0.3, 0.4) is 0 Å².